The average Bonchev–Trinajstić information content (AvgIpc) is 2.72. The lowest BCUT2D eigenvalue weighted by atomic mass is 10.4. The molecule has 0 aliphatic carbocycles. The van der Waals surface area contributed by atoms with Gasteiger partial charge in [-0.2, -0.15) is 0 Å². The predicted molar refractivity (Wildman–Crippen MR) is 58.3 cm³/mol. The first-order chi connectivity index (χ1) is 8.49. The normalized spacial score (nSPS) is 10.3. The van der Waals surface area contributed by atoms with E-state index < -0.39 is 16.8 Å². The van der Waals surface area contributed by atoms with Gasteiger partial charge in [0.2, 0.25) is 0 Å². The number of nitrogens with zero attached hydrogens (tertiary/aromatic N) is 6. The molecule has 0 radical (unpaired) electrons. The molecule has 0 unspecified atom stereocenters. The topological polar surface area (TPSA) is 137 Å². The first-order valence-electron chi connectivity index (χ1n) is 4.32. The van der Waals surface area contributed by atoms with Gasteiger partial charge in [-0.15, -0.1) is 0 Å². The van der Waals surface area contributed by atoms with Gasteiger partial charge in [0.1, 0.15) is 0 Å². The minimum absolute atomic E-state index is 0.00302. The molecule has 0 aliphatic heterocycles. The summed E-state index contributed by atoms with van der Waals surface area (Å²) in [6.45, 7) is 0. The summed E-state index contributed by atoms with van der Waals surface area (Å²) in [5, 5.41) is 22.8. The van der Waals surface area contributed by atoms with E-state index in [2.05, 4.69) is 36.0 Å². The number of carboxylic acids is 1. The quantitative estimate of drug-likeness (QED) is 0.635. The summed E-state index contributed by atoms with van der Waals surface area (Å²) in [7, 11) is 0. The van der Waals surface area contributed by atoms with E-state index in [1.807, 2.05) is 0 Å². The molecule has 2 aromatic heterocycles. The van der Waals surface area contributed by atoms with Gasteiger partial charge in [0, 0.05) is 27.2 Å². The summed E-state index contributed by atoms with van der Waals surface area (Å²) in [4.78, 5) is 31.4. The maximum atomic E-state index is 10.7. The number of hydrogen-bond acceptors (Lipinski definition) is 7. The molecule has 0 saturated heterocycles. The number of aromatic nitrogens is 5. The van der Waals surface area contributed by atoms with Crippen LogP contribution in [0.1, 0.15) is 10.5 Å². The molecule has 2 aromatic rings. The van der Waals surface area contributed by atoms with Crippen molar-refractivity contribution >= 4 is 27.8 Å². The largest absolute Gasteiger partial charge is 0.492 e. The monoisotopic (exact) mass is 314 g/mol. The smallest absolute Gasteiger partial charge is 0.477 e. The molecule has 0 spiro atoms. The van der Waals surface area contributed by atoms with E-state index in [4.69, 9.17) is 5.11 Å². The van der Waals surface area contributed by atoms with Crippen LogP contribution in [0.15, 0.2) is 17.0 Å². The highest BCUT2D eigenvalue weighted by Gasteiger charge is 2.22. The Bertz CT molecular complexity index is 641. The molecular weight excluding hydrogens is 312 g/mol. The Kier molecular flexibility index (Phi) is 2.97. The zero-order chi connectivity index (χ0) is 13.3. The third kappa shape index (κ3) is 2.15. The van der Waals surface area contributed by atoms with Crippen molar-refractivity contribution < 1.29 is 14.8 Å². The van der Waals surface area contributed by atoms with Gasteiger partial charge in [0.05, 0.1) is 0 Å². The van der Waals surface area contributed by atoms with Crippen molar-refractivity contribution in [2.45, 2.75) is 0 Å². The third-order valence-corrected chi connectivity index (χ3v) is 2.28. The highest BCUT2D eigenvalue weighted by atomic mass is 79.9. The fourth-order valence-corrected chi connectivity index (χ4v) is 1.45. The Morgan fingerprint density at radius 2 is 2.22 bits per heavy atom. The minimum Gasteiger partial charge on any atom is -0.477 e. The van der Waals surface area contributed by atoms with E-state index in [0.717, 1.165) is 4.68 Å². The van der Waals surface area contributed by atoms with Crippen molar-refractivity contribution in [1.82, 2.24) is 24.7 Å². The number of rotatable bonds is 3. The average molecular weight is 315 g/mol. The molecule has 0 aromatic carbocycles. The maximum Gasteiger partial charge on any atom is 0.492 e. The fourth-order valence-electron chi connectivity index (χ4n) is 1.06. The van der Waals surface area contributed by atoms with Crippen molar-refractivity contribution in [3.8, 4) is 5.95 Å². The molecule has 18 heavy (non-hydrogen) atoms. The standard InChI is InChI=1S/C7H3BrN6O4/c8-5-11-7(14(17)18)12-13(5)6-9-2-1-3(10-6)4(15)16/h1-2H,(H,15,16). The van der Waals surface area contributed by atoms with Gasteiger partial charge in [0.25, 0.3) is 10.7 Å². The Morgan fingerprint density at radius 1 is 1.50 bits per heavy atom. The number of hydrogen-bond donors (Lipinski definition) is 1. The van der Waals surface area contributed by atoms with Crippen LogP contribution in [0.3, 0.4) is 0 Å². The summed E-state index contributed by atoms with van der Waals surface area (Å²) in [5.41, 5.74) is -0.259. The van der Waals surface area contributed by atoms with Crippen LogP contribution in [-0.2, 0) is 0 Å². The van der Waals surface area contributed by atoms with E-state index in [-0.39, 0.29) is 16.4 Å². The summed E-state index contributed by atoms with van der Waals surface area (Å²) in [6, 6.07) is 1.19. The van der Waals surface area contributed by atoms with Crippen molar-refractivity contribution in [1.29, 1.82) is 0 Å². The molecule has 0 bridgehead atoms. The van der Waals surface area contributed by atoms with Crippen molar-refractivity contribution in [2.24, 2.45) is 0 Å². The van der Waals surface area contributed by atoms with Gasteiger partial charge in [-0.05, 0) is 16.0 Å². The second kappa shape index (κ2) is 4.44. The lowest BCUT2D eigenvalue weighted by molar-refractivity contribution is -0.394. The highest BCUT2D eigenvalue weighted by Crippen LogP contribution is 2.15. The van der Waals surface area contributed by atoms with E-state index in [1.165, 1.54) is 12.3 Å². The van der Waals surface area contributed by atoms with Gasteiger partial charge in [-0.1, -0.05) is 4.68 Å². The predicted octanol–water partition coefficient (Wildman–Crippen LogP) is 0.426. The SMILES string of the molecule is O=C(O)c1ccnc(-n2nc([N+](=O)[O-])nc2Br)n1. The summed E-state index contributed by atoms with van der Waals surface area (Å²) < 4.78 is 0.918. The number of carboxylic acid groups (broad SMARTS) is 1. The Balaban J connectivity index is 2.51. The lowest BCUT2D eigenvalue weighted by Gasteiger charge is -1.96. The number of halogens is 1. The van der Waals surface area contributed by atoms with Gasteiger partial charge < -0.3 is 15.2 Å². The number of aromatic carboxylic acids is 1. The molecule has 2 heterocycles. The summed E-state index contributed by atoms with van der Waals surface area (Å²) >= 11 is 2.94. The van der Waals surface area contributed by atoms with Gasteiger partial charge in [-0.25, -0.2) is 14.8 Å². The first-order valence-corrected chi connectivity index (χ1v) is 5.12. The zero-order valence-electron chi connectivity index (χ0n) is 8.39. The zero-order valence-corrected chi connectivity index (χ0v) is 9.97. The van der Waals surface area contributed by atoms with Crippen LogP contribution in [0.25, 0.3) is 5.95 Å². The maximum absolute atomic E-state index is 10.7. The molecule has 0 atom stereocenters. The lowest BCUT2D eigenvalue weighted by Crippen LogP contribution is -2.08. The van der Waals surface area contributed by atoms with E-state index in [0.29, 0.717) is 0 Å². The van der Waals surface area contributed by atoms with Crippen molar-refractivity contribution in [3.63, 3.8) is 0 Å². The van der Waals surface area contributed by atoms with E-state index in [9.17, 15) is 14.9 Å². The molecule has 2 rings (SSSR count). The first kappa shape index (κ1) is 12.0. The van der Waals surface area contributed by atoms with E-state index >= 15 is 0 Å². The van der Waals surface area contributed by atoms with Crippen molar-refractivity contribution in [2.75, 3.05) is 0 Å². The van der Waals surface area contributed by atoms with Gasteiger partial charge in [0.15, 0.2) is 5.69 Å². The highest BCUT2D eigenvalue weighted by molar-refractivity contribution is 9.10. The second-order valence-electron chi connectivity index (χ2n) is 2.90. The molecule has 10 nitrogen and oxygen atoms in total. The third-order valence-electron chi connectivity index (χ3n) is 1.77. The Labute approximate surface area is 107 Å². The number of carbonyl (C=O) groups is 1. The Morgan fingerprint density at radius 3 is 2.78 bits per heavy atom. The molecule has 1 N–H and O–H groups in total. The van der Waals surface area contributed by atoms with Crippen LogP contribution in [0.5, 0.6) is 0 Å². The van der Waals surface area contributed by atoms with Crippen LogP contribution in [-0.4, -0.2) is 40.7 Å². The number of nitro groups is 1. The van der Waals surface area contributed by atoms with Crippen LogP contribution in [0.2, 0.25) is 0 Å². The molecular formula is C7H3BrN6O4. The minimum atomic E-state index is -1.25. The molecule has 0 aliphatic rings. The molecule has 11 heteroatoms. The molecule has 0 amide bonds. The van der Waals surface area contributed by atoms with Gasteiger partial charge >= 0.3 is 11.9 Å². The van der Waals surface area contributed by atoms with Crippen LogP contribution >= 0.6 is 15.9 Å². The van der Waals surface area contributed by atoms with Crippen LogP contribution in [0.4, 0.5) is 5.95 Å². The van der Waals surface area contributed by atoms with Crippen molar-refractivity contribution in [3.05, 3.63) is 32.8 Å². The molecule has 0 fully saturated rings. The van der Waals surface area contributed by atoms with Crippen LogP contribution in [0, 0.1) is 10.1 Å². The summed E-state index contributed by atoms with van der Waals surface area (Å²) in [6.07, 6.45) is 1.20. The molecule has 0 saturated carbocycles. The van der Waals surface area contributed by atoms with Crippen LogP contribution < -0.4 is 0 Å². The van der Waals surface area contributed by atoms with Gasteiger partial charge in [-0.3, -0.25) is 0 Å². The summed E-state index contributed by atoms with van der Waals surface area (Å²) in [5.74, 6) is -2.03. The Hall–Kier alpha value is -2.43. The molecule has 92 valence electrons. The van der Waals surface area contributed by atoms with E-state index in [1.54, 1.807) is 0 Å². The second-order valence-corrected chi connectivity index (χ2v) is 3.61. The fraction of sp³-hybridized carbons (Fsp3) is 0.